The molecule has 1 saturated carbocycles. The van der Waals surface area contributed by atoms with E-state index in [2.05, 4.69) is 17.5 Å². The molecule has 0 unspecified atom stereocenters. The van der Waals surface area contributed by atoms with Gasteiger partial charge < -0.3 is 10.1 Å². The van der Waals surface area contributed by atoms with Gasteiger partial charge in [0.05, 0.1) is 12.1 Å². The number of nitrogens with one attached hydrogen (secondary N) is 1. The van der Waals surface area contributed by atoms with Gasteiger partial charge in [0, 0.05) is 6.04 Å². The minimum Gasteiger partial charge on any atom is -0.495 e. The van der Waals surface area contributed by atoms with Crippen LogP contribution in [0, 0.1) is 0 Å². The Kier molecular flexibility index (Phi) is 4.46. The predicted molar refractivity (Wildman–Crippen MR) is 72.7 cm³/mol. The number of hydrogen-bond donors (Lipinski definition) is 1. The summed E-state index contributed by atoms with van der Waals surface area (Å²) in [5.41, 5.74) is 1.12. The highest BCUT2D eigenvalue weighted by Gasteiger charge is 2.19. The SMILES string of the molecule is COc1cc(C=CCCNC2CC2)ccc1Cl. The number of halogens is 1. The first-order valence-corrected chi connectivity index (χ1v) is 6.41. The molecule has 1 fully saturated rings. The molecule has 0 bridgehead atoms. The standard InChI is InChI=1S/C14H18ClNO/c1-17-14-10-11(5-8-13(14)15)4-2-3-9-16-12-6-7-12/h2,4-5,8,10,12,16H,3,6-7,9H2,1H3. The molecule has 17 heavy (non-hydrogen) atoms. The van der Waals surface area contributed by atoms with Gasteiger partial charge in [-0.05, 0) is 43.5 Å². The number of ether oxygens (including phenoxy) is 1. The molecule has 2 nitrogen and oxygen atoms in total. The predicted octanol–water partition coefficient (Wildman–Crippen LogP) is 3.50. The number of methoxy groups -OCH3 is 1. The Morgan fingerprint density at radius 1 is 1.47 bits per heavy atom. The van der Waals surface area contributed by atoms with E-state index in [4.69, 9.17) is 16.3 Å². The van der Waals surface area contributed by atoms with Crippen molar-refractivity contribution in [2.24, 2.45) is 0 Å². The van der Waals surface area contributed by atoms with E-state index in [1.54, 1.807) is 7.11 Å². The average Bonchev–Trinajstić information content (AvgIpc) is 3.15. The number of benzene rings is 1. The summed E-state index contributed by atoms with van der Waals surface area (Å²) in [6.45, 7) is 1.06. The lowest BCUT2D eigenvalue weighted by Gasteiger charge is -2.03. The van der Waals surface area contributed by atoms with Crippen LogP contribution in [0.3, 0.4) is 0 Å². The molecule has 1 aliphatic carbocycles. The monoisotopic (exact) mass is 251 g/mol. The summed E-state index contributed by atoms with van der Waals surface area (Å²) in [5.74, 6) is 0.727. The molecule has 92 valence electrons. The van der Waals surface area contributed by atoms with Gasteiger partial charge in [-0.15, -0.1) is 0 Å². The Bertz CT molecular complexity index is 399. The molecule has 0 atom stereocenters. The van der Waals surface area contributed by atoms with Crippen molar-refractivity contribution in [3.8, 4) is 5.75 Å². The first kappa shape index (κ1) is 12.5. The van der Waals surface area contributed by atoms with Crippen LogP contribution in [0.1, 0.15) is 24.8 Å². The molecule has 0 heterocycles. The minimum atomic E-state index is 0.653. The fourth-order valence-corrected chi connectivity index (χ4v) is 1.85. The summed E-state index contributed by atoms with van der Waals surface area (Å²) in [4.78, 5) is 0. The maximum atomic E-state index is 5.96. The van der Waals surface area contributed by atoms with E-state index < -0.39 is 0 Å². The van der Waals surface area contributed by atoms with Gasteiger partial charge in [-0.3, -0.25) is 0 Å². The van der Waals surface area contributed by atoms with Gasteiger partial charge in [0.1, 0.15) is 5.75 Å². The zero-order valence-electron chi connectivity index (χ0n) is 10.1. The van der Waals surface area contributed by atoms with Crippen molar-refractivity contribution in [2.45, 2.75) is 25.3 Å². The fourth-order valence-electron chi connectivity index (χ4n) is 1.66. The van der Waals surface area contributed by atoms with Gasteiger partial charge in [-0.25, -0.2) is 0 Å². The highest BCUT2D eigenvalue weighted by atomic mass is 35.5. The molecule has 3 heteroatoms. The summed E-state index contributed by atoms with van der Waals surface area (Å²) in [5, 5.41) is 4.13. The number of rotatable bonds is 6. The van der Waals surface area contributed by atoms with Crippen LogP contribution in [-0.2, 0) is 0 Å². The Balaban J connectivity index is 1.81. The lowest BCUT2D eigenvalue weighted by molar-refractivity contribution is 0.415. The molecule has 1 aliphatic rings. The van der Waals surface area contributed by atoms with Crippen LogP contribution in [0.25, 0.3) is 6.08 Å². The maximum Gasteiger partial charge on any atom is 0.138 e. The van der Waals surface area contributed by atoms with E-state index >= 15 is 0 Å². The van der Waals surface area contributed by atoms with Crippen molar-refractivity contribution in [3.63, 3.8) is 0 Å². The fraction of sp³-hybridized carbons (Fsp3) is 0.429. The Labute approximate surface area is 108 Å². The van der Waals surface area contributed by atoms with E-state index in [-0.39, 0.29) is 0 Å². The smallest absolute Gasteiger partial charge is 0.138 e. The van der Waals surface area contributed by atoms with Crippen molar-refractivity contribution >= 4 is 17.7 Å². The van der Waals surface area contributed by atoms with Gasteiger partial charge >= 0.3 is 0 Å². The summed E-state index contributed by atoms with van der Waals surface area (Å²) >= 11 is 5.96. The lowest BCUT2D eigenvalue weighted by atomic mass is 10.2. The molecular weight excluding hydrogens is 234 g/mol. The van der Waals surface area contributed by atoms with Crippen LogP contribution >= 0.6 is 11.6 Å². The highest BCUT2D eigenvalue weighted by Crippen LogP contribution is 2.25. The van der Waals surface area contributed by atoms with Crippen LogP contribution in [-0.4, -0.2) is 19.7 Å². The molecule has 0 aliphatic heterocycles. The van der Waals surface area contributed by atoms with E-state index in [1.165, 1.54) is 12.8 Å². The molecule has 1 N–H and O–H groups in total. The third kappa shape index (κ3) is 4.06. The normalized spacial score (nSPS) is 15.4. The first-order valence-electron chi connectivity index (χ1n) is 6.03. The van der Waals surface area contributed by atoms with Crippen molar-refractivity contribution < 1.29 is 4.74 Å². The zero-order chi connectivity index (χ0) is 12.1. The van der Waals surface area contributed by atoms with Crippen LogP contribution in [0.15, 0.2) is 24.3 Å². The zero-order valence-corrected chi connectivity index (χ0v) is 10.8. The molecule has 0 spiro atoms. The quantitative estimate of drug-likeness (QED) is 0.782. The van der Waals surface area contributed by atoms with Crippen LogP contribution in [0.4, 0.5) is 0 Å². The van der Waals surface area contributed by atoms with E-state index in [0.717, 1.165) is 30.3 Å². The molecule has 0 saturated heterocycles. The van der Waals surface area contributed by atoms with Crippen molar-refractivity contribution in [3.05, 3.63) is 34.9 Å². The van der Waals surface area contributed by atoms with Gasteiger partial charge in [-0.1, -0.05) is 29.8 Å². The average molecular weight is 252 g/mol. The molecule has 0 aromatic heterocycles. The lowest BCUT2D eigenvalue weighted by Crippen LogP contribution is -2.16. The van der Waals surface area contributed by atoms with Gasteiger partial charge in [0.25, 0.3) is 0 Å². The molecular formula is C14H18ClNO. The molecule has 2 rings (SSSR count). The second-order valence-corrected chi connectivity index (χ2v) is 4.72. The molecule has 0 radical (unpaired) electrons. The maximum absolute atomic E-state index is 5.96. The van der Waals surface area contributed by atoms with Gasteiger partial charge in [0.2, 0.25) is 0 Å². The van der Waals surface area contributed by atoms with E-state index in [1.807, 2.05) is 18.2 Å². The van der Waals surface area contributed by atoms with Gasteiger partial charge in [0.15, 0.2) is 0 Å². The third-order valence-electron chi connectivity index (χ3n) is 2.81. The summed E-state index contributed by atoms with van der Waals surface area (Å²) in [6, 6.07) is 6.60. The molecule has 1 aromatic carbocycles. The van der Waals surface area contributed by atoms with E-state index in [9.17, 15) is 0 Å². The second kappa shape index (κ2) is 6.08. The summed E-state index contributed by atoms with van der Waals surface area (Å²) in [6.07, 6.45) is 8.03. The Morgan fingerprint density at radius 2 is 2.29 bits per heavy atom. The molecule has 0 amide bonds. The summed E-state index contributed by atoms with van der Waals surface area (Å²) in [7, 11) is 1.63. The second-order valence-electron chi connectivity index (χ2n) is 4.31. The van der Waals surface area contributed by atoms with Crippen LogP contribution in [0.5, 0.6) is 5.75 Å². The largest absolute Gasteiger partial charge is 0.495 e. The minimum absolute atomic E-state index is 0.653. The van der Waals surface area contributed by atoms with E-state index in [0.29, 0.717) is 5.02 Å². The van der Waals surface area contributed by atoms with Crippen LogP contribution < -0.4 is 10.1 Å². The number of hydrogen-bond acceptors (Lipinski definition) is 2. The highest BCUT2D eigenvalue weighted by molar-refractivity contribution is 6.32. The molecule has 1 aromatic rings. The Hall–Kier alpha value is -0.990. The van der Waals surface area contributed by atoms with Gasteiger partial charge in [-0.2, -0.15) is 0 Å². The van der Waals surface area contributed by atoms with Crippen LogP contribution in [0.2, 0.25) is 5.02 Å². The van der Waals surface area contributed by atoms with Crippen molar-refractivity contribution in [1.82, 2.24) is 5.32 Å². The first-order chi connectivity index (χ1) is 8.29. The van der Waals surface area contributed by atoms with Crippen molar-refractivity contribution in [2.75, 3.05) is 13.7 Å². The third-order valence-corrected chi connectivity index (χ3v) is 3.12. The summed E-state index contributed by atoms with van der Waals surface area (Å²) < 4.78 is 5.17. The topological polar surface area (TPSA) is 21.3 Å². The van der Waals surface area contributed by atoms with Crippen molar-refractivity contribution in [1.29, 1.82) is 0 Å². The Morgan fingerprint density at radius 3 is 3.00 bits per heavy atom.